The number of rotatable bonds is 6. The molecular weight excluding hydrogens is 262 g/mol. The van der Waals surface area contributed by atoms with E-state index in [-0.39, 0.29) is 17.2 Å². The van der Waals surface area contributed by atoms with Crippen LogP contribution in [0.25, 0.3) is 0 Å². The van der Waals surface area contributed by atoms with Crippen LogP contribution in [0, 0.1) is 16.0 Å². The molecule has 1 unspecified atom stereocenters. The summed E-state index contributed by atoms with van der Waals surface area (Å²) in [6.07, 6.45) is 1.02. The zero-order valence-electron chi connectivity index (χ0n) is 11.8. The van der Waals surface area contributed by atoms with Gasteiger partial charge in [-0.25, -0.2) is 4.98 Å². The van der Waals surface area contributed by atoms with Crippen molar-refractivity contribution in [2.45, 2.75) is 20.3 Å². The molecule has 8 nitrogen and oxygen atoms in total. The second-order valence-corrected chi connectivity index (χ2v) is 4.67. The van der Waals surface area contributed by atoms with Gasteiger partial charge in [-0.1, -0.05) is 25.4 Å². The molecular formula is C12H19N5O3. The van der Waals surface area contributed by atoms with Gasteiger partial charge in [-0.2, -0.15) is 0 Å². The fraction of sp³-hybridized carbons (Fsp3) is 0.500. The lowest BCUT2D eigenvalue weighted by atomic mass is 10.1. The molecule has 1 aromatic heterocycles. The van der Waals surface area contributed by atoms with Gasteiger partial charge in [0.25, 0.3) is 5.69 Å². The quantitative estimate of drug-likeness (QED) is 0.268. The SMILES string of the molecule is CCC(C)CN(C)c1ccc([N+](=O)[O-])c(/C(N)=N/O)n1. The van der Waals surface area contributed by atoms with Crippen LogP contribution in [-0.2, 0) is 0 Å². The predicted molar refractivity (Wildman–Crippen MR) is 76.1 cm³/mol. The van der Waals surface area contributed by atoms with Gasteiger partial charge in [0.15, 0.2) is 11.5 Å². The number of hydrogen-bond acceptors (Lipinski definition) is 6. The third-order valence-corrected chi connectivity index (χ3v) is 3.08. The van der Waals surface area contributed by atoms with Gasteiger partial charge in [0, 0.05) is 19.7 Å². The van der Waals surface area contributed by atoms with Gasteiger partial charge in [0.1, 0.15) is 5.82 Å². The van der Waals surface area contributed by atoms with Crippen molar-refractivity contribution < 1.29 is 10.1 Å². The fourth-order valence-electron chi connectivity index (χ4n) is 1.73. The van der Waals surface area contributed by atoms with Crippen LogP contribution in [0.2, 0.25) is 0 Å². The molecule has 1 atom stereocenters. The first-order chi connectivity index (χ1) is 9.40. The van der Waals surface area contributed by atoms with Gasteiger partial charge in [-0.05, 0) is 12.0 Å². The number of oxime groups is 1. The molecule has 3 N–H and O–H groups in total. The summed E-state index contributed by atoms with van der Waals surface area (Å²) < 4.78 is 0. The van der Waals surface area contributed by atoms with Crippen molar-refractivity contribution in [3.8, 4) is 0 Å². The molecule has 0 saturated heterocycles. The van der Waals surface area contributed by atoms with Crippen molar-refractivity contribution in [2.75, 3.05) is 18.5 Å². The average Bonchev–Trinajstić information content (AvgIpc) is 2.45. The van der Waals surface area contributed by atoms with Crippen molar-refractivity contribution >= 4 is 17.3 Å². The van der Waals surface area contributed by atoms with E-state index < -0.39 is 4.92 Å². The second kappa shape index (κ2) is 6.69. The molecule has 0 bridgehead atoms. The molecule has 0 radical (unpaired) electrons. The Morgan fingerprint density at radius 1 is 1.65 bits per heavy atom. The van der Waals surface area contributed by atoms with Crippen molar-refractivity contribution in [1.82, 2.24) is 4.98 Å². The average molecular weight is 281 g/mol. The summed E-state index contributed by atoms with van der Waals surface area (Å²) >= 11 is 0. The Morgan fingerprint density at radius 3 is 2.80 bits per heavy atom. The molecule has 1 rings (SSSR count). The number of anilines is 1. The summed E-state index contributed by atoms with van der Waals surface area (Å²) in [5, 5.41) is 22.4. The highest BCUT2D eigenvalue weighted by Gasteiger charge is 2.21. The lowest BCUT2D eigenvalue weighted by molar-refractivity contribution is -0.385. The van der Waals surface area contributed by atoms with Gasteiger partial charge in [0.05, 0.1) is 4.92 Å². The molecule has 1 aromatic rings. The third kappa shape index (κ3) is 3.56. The van der Waals surface area contributed by atoms with Crippen LogP contribution in [0.1, 0.15) is 26.0 Å². The van der Waals surface area contributed by atoms with Crippen molar-refractivity contribution in [3.05, 3.63) is 27.9 Å². The molecule has 1 heterocycles. The van der Waals surface area contributed by atoms with Crippen LogP contribution in [0.15, 0.2) is 17.3 Å². The molecule has 110 valence electrons. The van der Waals surface area contributed by atoms with Gasteiger partial charge in [0.2, 0.25) is 0 Å². The van der Waals surface area contributed by atoms with Crippen LogP contribution in [0.4, 0.5) is 11.5 Å². The number of nitrogens with two attached hydrogens (primary N) is 1. The molecule has 0 spiro atoms. The van der Waals surface area contributed by atoms with Gasteiger partial charge < -0.3 is 15.8 Å². The monoisotopic (exact) mass is 281 g/mol. The Morgan fingerprint density at radius 2 is 2.30 bits per heavy atom. The molecule has 0 aromatic carbocycles. The van der Waals surface area contributed by atoms with Gasteiger partial charge in [-0.3, -0.25) is 10.1 Å². The minimum Gasteiger partial charge on any atom is -0.409 e. The van der Waals surface area contributed by atoms with Crippen LogP contribution in [0.3, 0.4) is 0 Å². The van der Waals surface area contributed by atoms with E-state index in [2.05, 4.69) is 24.0 Å². The molecule has 0 saturated carbocycles. The Balaban J connectivity index is 3.15. The van der Waals surface area contributed by atoms with Crippen LogP contribution >= 0.6 is 0 Å². The number of hydrogen-bond donors (Lipinski definition) is 2. The van der Waals surface area contributed by atoms with Crippen molar-refractivity contribution in [1.29, 1.82) is 0 Å². The Kier molecular flexibility index (Phi) is 5.24. The lowest BCUT2D eigenvalue weighted by Crippen LogP contribution is -2.26. The van der Waals surface area contributed by atoms with E-state index >= 15 is 0 Å². The molecule has 0 aliphatic heterocycles. The van der Waals surface area contributed by atoms with E-state index in [0.29, 0.717) is 11.7 Å². The topological polar surface area (TPSA) is 118 Å². The Hall–Kier alpha value is -2.38. The summed E-state index contributed by atoms with van der Waals surface area (Å²) in [4.78, 5) is 16.3. The minimum absolute atomic E-state index is 0.133. The van der Waals surface area contributed by atoms with Gasteiger partial charge in [-0.15, -0.1) is 0 Å². The summed E-state index contributed by atoms with van der Waals surface area (Å²) in [5.74, 6) is 0.622. The van der Waals surface area contributed by atoms with E-state index in [1.54, 1.807) is 6.07 Å². The maximum Gasteiger partial charge on any atom is 0.298 e. The molecule has 0 aliphatic carbocycles. The number of amidine groups is 1. The molecule has 8 heteroatoms. The summed E-state index contributed by atoms with van der Waals surface area (Å²) in [6.45, 7) is 4.95. The smallest absolute Gasteiger partial charge is 0.298 e. The minimum atomic E-state index is -0.612. The fourth-order valence-corrected chi connectivity index (χ4v) is 1.73. The normalized spacial score (nSPS) is 13.1. The summed E-state index contributed by atoms with van der Waals surface area (Å²) in [5.41, 5.74) is 5.02. The number of nitro groups is 1. The first-order valence-corrected chi connectivity index (χ1v) is 6.25. The first kappa shape index (κ1) is 15.7. The lowest BCUT2D eigenvalue weighted by Gasteiger charge is -2.22. The number of nitrogens with zero attached hydrogens (tertiary/aromatic N) is 4. The Bertz CT molecular complexity index is 518. The largest absolute Gasteiger partial charge is 0.409 e. The van der Waals surface area contributed by atoms with E-state index in [4.69, 9.17) is 10.9 Å². The molecule has 0 aliphatic rings. The zero-order valence-corrected chi connectivity index (χ0v) is 11.8. The highest BCUT2D eigenvalue weighted by atomic mass is 16.6. The second-order valence-electron chi connectivity index (χ2n) is 4.67. The molecule has 0 amide bonds. The molecule has 20 heavy (non-hydrogen) atoms. The standard InChI is InChI=1S/C12H19N5O3/c1-4-8(2)7-16(3)10-6-5-9(17(19)20)11(14-10)12(13)15-18/h5-6,8,18H,4,7H2,1-3H3,(H2,13,15). The van der Waals surface area contributed by atoms with E-state index in [0.717, 1.165) is 13.0 Å². The maximum absolute atomic E-state index is 10.9. The highest BCUT2D eigenvalue weighted by Crippen LogP contribution is 2.21. The van der Waals surface area contributed by atoms with E-state index in [1.165, 1.54) is 6.07 Å². The zero-order chi connectivity index (χ0) is 15.3. The third-order valence-electron chi connectivity index (χ3n) is 3.08. The number of pyridine rings is 1. The van der Waals surface area contributed by atoms with E-state index in [9.17, 15) is 10.1 Å². The van der Waals surface area contributed by atoms with Crippen LogP contribution in [0.5, 0.6) is 0 Å². The Labute approximate surface area is 117 Å². The van der Waals surface area contributed by atoms with Crippen LogP contribution in [-0.4, -0.2) is 34.5 Å². The highest BCUT2D eigenvalue weighted by molar-refractivity contribution is 5.99. The summed E-state index contributed by atoms with van der Waals surface area (Å²) in [7, 11) is 1.84. The van der Waals surface area contributed by atoms with Crippen LogP contribution < -0.4 is 10.6 Å². The van der Waals surface area contributed by atoms with E-state index in [1.807, 2.05) is 11.9 Å². The van der Waals surface area contributed by atoms with Gasteiger partial charge >= 0.3 is 0 Å². The predicted octanol–water partition coefficient (Wildman–Crippen LogP) is 1.57. The number of aromatic nitrogens is 1. The molecule has 0 fully saturated rings. The maximum atomic E-state index is 10.9. The summed E-state index contributed by atoms with van der Waals surface area (Å²) in [6, 6.07) is 2.86. The van der Waals surface area contributed by atoms with Crippen molar-refractivity contribution in [3.63, 3.8) is 0 Å². The first-order valence-electron chi connectivity index (χ1n) is 6.25. The van der Waals surface area contributed by atoms with Crippen molar-refractivity contribution in [2.24, 2.45) is 16.8 Å².